The number of carbonyl (C=O) groups is 1. The summed E-state index contributed by atoms with van der Waals surface area (Å²) < 4.78 is 0. The van der Waals surface area contributed by atoms with Crippen LogP contribution < -0.4 is 16.4 Å². The minimum absolute atomic E-state index is 0.248. The van der Waals surface area contributed by atoms with Crippen molar-refractivity contribution in [3.63, 3.8) is 0 Å². The number of aromatic nitrogens is 1. The van der Waals surface area contributed by atoms with Crippen LogP contribution in [0.25, 0.3) is 0 Å². The molecule has 0 atom stereocenters. The van der Waals surface area contributed by atoms with Crippen molar-refractivity contribution in [2.75, 3.05) is 46.3 Å². The molecule has 9 heteroatoms. The van der Waals surface area contributed by atoms with Crippen LogP contribution in [0.5, 0.6) is 0 Å². The maximum absolute atomic E-state index is 11.1. The molecule has 1 aromatic heterocycles. The molecule has 29 heavy (non-hydrogen) atoms. The first-order valence-corrected chi connectivity index (χ1v) is 11.5. The minimum atomic E-state index is -0.248. The van der Waals surface area contributed by atoms with E-state index in [0.29, 0.717) is 18.5 Å². The molecule has 0 spiro atoms. The Morgan fingerprint density at radius 2 is 1.93 bits per heavy atom. The lowest BCUT2D eigenvalue weighted by atomic mass is 9.97. The molecule has 1 amide bonds. The molecule has 1 aromatic rings. The van der Waals surface area contributed by atoms with Gasteiger partial charge in [0.15, 0.2) is 5.96 Å². The summed E-state index contributed by atoms with van der Waals surface area (Å²) in [6.45, 7) is 8.42. The van der Waals surface area contributed by atoms with Gasteiger partial charge in [-0.3, -0.25) is 19.6 Å². The summed E-state index contributed by atoms with van der Waals surface area (Å²) in [6, 6.07) is 0.397. The Balaban J connectivity index is 1.32. The van der Waals surface area contributed by atoms with Gasteiger partial charge in [-0.05, 0) is 51.6 Å². The zero-order valence-corrected chi connectivity index (χ0v) is 18.5. The molecule has 0 bridgehead atoms. The van der Waals surface area contributed by atoms with Gasteiger partial charge in [0.1, 0.15) is 0 Å². The Hall–Kier alpha value is -1.71. The second-order valence-corrected chi connectivity index (χ2v) is 9.25. The van der Waals surface area contributed by atoms with Crippen molar-refractivity contribution in [2.24, 2.45) is 16.6 Å². The maximum atomic E-state index is 11.1. The van der Waals surface area contributed by atoms with Gasteiger partial charge in [0, 0.05) is 44.6 Å². The highest BCUT2D eigenvalue weighted by Gasteiger charge is 2.22. The number of aryl methyl sites for hydroxylation is 1. The number of likely N-dealkylation sites (tertiary alicyclic amines) is 2. The molecule has 0 aromatic carbocycles. The van der Waals surface area contributed by atoms with E-state index in [0.717, 1.165) is 63.1 Å². The van der Waals surface area contributed by atoms with Crippen LogP contribution in [-0.4, -0.2) is 79.0 Å². The highest BCUT2D eigenvalue weighted by atomic mass is 32.1. The van der Waals surface area contributed by atoms with Crippen LogP contribution in [0.3, 0.4) is 0 Å². The number of rotatable bonds is 7. The number of piperidine rings is 2. The van der Waals surface area contributed by atoms with Gasteiger partial charge in [0.05, 0.1) is 17.2 Å². The fourth-order valence-corrected chi connectivity index (χ4v) is 4.75. The van der Waals surface area contributed by atoms with E-state index in [2.05, 4.69) is 42.7 Å². The predicted molar refractivity (Wildman–Crippen MR) is 118 cm³/mol. The first-order valence-electron chi connectivity index (χ1n) is 10.6. The molecule has 2 fully saturated rings. The molecule has 2 aliphatic rings. The fourth-order valence-electron chi connectivity index (χ4n) is 4.14. The van der Waals surface area contributed by atoms with Crippen LogP contribution in [0, 0.1) is 12.8 Å². The highest BCUT2D eigenvalue weighted by molar-refractivity contribution is 7.09. The van der Waals surface area contributed by atoms with Gasteiger partial charge in [0.2, 0.25) is 5.91 Å². The predicted octanol–water partition coefficient (Wildman–Crippen LogP) is 0.778. The van der Waals surface area contributed by atoms with Crippen LogP contribution in [-0.2, 0) is 11.3 Å². The quantitative estimate of drug-likeness (QED) is 0.444. The molecule has 3 heterocycles. The summed E-state index contributed by atoms with van der Waals surface area (Å²) in [5, 5.41) is 10.4. The Morgan fingerprint density at radius 3 is 2.52 bits per heavy atom. The van der Waals surface area contributed by atoms with Gasteiger partial charge in [-0.25, -0.2) is 4.98 Å². The summed E-state index contributed by atoms with van der Waals surface area (Å²) in [5.74, 6) is 1.32. The Kier molecular flexibility index (Phi) is 8.26. The van der Waals surface area contributed by atoms with E-state index >= 15 is 0 Å². The first-order chi connectivity index (χ1) is 14.0. The minimum Gasteiger partial charge on any atom is -0.369 e. The second-order valence-electron chi connectivity index (χ2n) is 8.19. The molecule has 0 saturated carbocycles. The molecule has 8 nitrogen and oxygen atoms in total. The number of guanidine groups is 1. The summed E-state index contributed by atoms with van der Waals surface area (Å²) in [4.78, 5) is 24.7. The van der Waals surface area contributed by atoms with Crippen molar-refractivity contribution < 1.29 is 4.79 Å². The van der Waals surface area contributed by atoms with E-state index in [-0.39, 0.29) is 5.91 Å². The number of aliphatic imine (C=N–C) groups is 1. The van der Waals surface area contributed by atoms with E-state index in [1.54, 1.807) is 11.3 Å². The number of hydrogen-bond donors (Lipinski definition) is 3. The van der Waals surface area contributed by atoms with E-state index in [4.69, 9.17) is 5.73 Å². The zero-order valence-electron chi connectivity index (χ0n) is 17.7. The van der Waals surface area contributed by atoms with Gasteiger partial charge in [0.25, 0.3) is 0 Å². The standard InChI is InChI=1S/C20H35N7OS/c1-15-24-18(14-29-15)12-26-7-3-16(4-8-26)11-23-20(22-2)25-17-5-9-27(10-6-17)13-19(21)28/h14,16-17H,3-13H2,1-2H3,(H2,21,28)(H2,22,23,25). The van der Waals surface area contributed by atoms with Gasteiger partial charge < -0.3 is 16.4 Å². The third-order valence-electron chi connectivity index (χ3n) is 5.85. The van der Waals surface area contributed by atoms with Crippen LogP contribution in [0.2, 0.25) is 0 Å². The van der Waals surface area contributed by atoms with E-state index < -0.39 is 0 Å². The van der Waals surface area contributed by atoms with Crippen molar-refractivity contribution in [3.05, 3.63) is 16.1 Å². The lowest BCUT2D eigenvalue weighted by Crippen LogP contribution is -2.50. The number of thiazole rings is 1. The summed E-state index contributed by atoms with van der Waals surface area (Å²) in [7, 11) is 1.83. The average Bonchev–Trinajstić information content (AvgIpc) is 3.12. The molecule has 2 saturated heterocycles. The number of nitrogens with zero attached hydrogens (tertiary/aromatic N) is 4. The van der Waals surface area contributed by atoms with Gasteiger partial charge >= 0.3 is 0 Å². The Bertz CT molecular complexity index is 676. The monoisotopic (exact) mass is 421 g/mol. The highest BCUT2D eigenvalue weighted by Crippen LogP contribution is 2.19. The molecule has 0 aliphatic carbocycles. The van der Waals surface area contributed by atoms with E-state index in [1.165, 1.54) is 18.5 Å². The topological polar surface area (TPSA) is 98.9 Å². The summed E-state index contributed by atoms with van der Waals surface area (Å²) >= 11 is 1.73. The van der Waals surface area contributed by atoms with Gasteiger partial charge in [-0.15, -0.1) is 11.3 Å². The average molecular weight is 422 g/mol. The van der Waals surface area contributed by atoms with Gasteiger partial charge in [-0.2, -0.15) is 0 Å². The SMILES string of the molecule is CN=C(NCC1CCN(Cc2csc(C)n2)CC1)NC1CCN(CC(N)=O)CC1. The third kappa shape index (κ3) is 7.24. The number of hydrogen-bond acceptors (Lipinski definition) is 6. The molecule has 3 rings (SSSR count). The van der Waals surface area contributed by atoms with Gasteiger partial charge in [-0.1, -0.05) is 0 Å². The van der Waals surface area contributed by atoms with E-state index in [1.807, 2.05) is 7.05 Å². The number of nitrogens with two attached hydrogens (primary N) is 1. The zero-order chi connectivity index (χ0) is 20.6. The number of carbonyl (C=O) groups excluding carboxylic acids is 1. The van der Waals surface area contributed by atoms with E-state index in [9.17, 15) is 4.79 Å². The number of nitrogens with one attached hydrogen (secondary N) is 2. The molecular weight excluding hydrogens is 386 g/mol. The van der Waals surface area contributed by atoms with Crippen LogP contribution >= 0.6 is 11.3 Å². The lowest BCUT2D eigenvalue weighted by Gasteiger charge is -2.33. The smallest absolute Gasteiger partial charge is 0.231 e. The van der Waals surface area contributed by atoms with Crippen molar-refractivity contribution in [1.82, 2.24) is 25.4 Å². The fraction of sp³-hybridized carbons (Fsp3) is 0.750. The number of amides is 1. The van der Waals surface area contributed by atoms with Crippen LogP contribution in [0.1, 0.15) is 36.4 Å². The largest absolute Gasteiger partial charge is 0.369 e. The molecule has 0 unspecified atom stereocenters. The molecule has 4 N–H and O–H groups in total. The van der Waals surface area contributed by atoms with Crippen LogP contribution in [0.15, 0.2) is 10.4 Å². The summed E-state index contributed by atoms with van der Waals surface area (Å²) in [5.41, 5.74) is 6.49. The van der Waals surface area contributed by atoms with Crippen LogP contribution in [0.4, 0.5) is 0 Å². The molecule has 2 aliphatic heterocycles. The normalized spacial score (nSPS) is 20.7. The third-order valence-corrected chi connectivity index (χ3v) is 6.67. The molecular formula is C20H35N7OS. The van der Waals surface area contributed by atoms with Crippen molar-refractivity contribution >= 4 is 23.2 Å². The Morgan fingerprint density at radius 1 is 1.24 bits per heavy atom. The molecule has 162 valence electrons. The van der Waals surface area contributed by atoms with Crippen molar-refractivity contribution in [1.29, 1.82) is 0 Å². The maximum Gasteiger partial charge on any atom is 0.231 e. The first kappa shape index (κ1) is 22.0. The Labute approximate surface area is 177 Å². The number of primary amides is 1. The van der Waals surface area contributed by atoms with Crippen molar-refractivity contribution in [3.8, 4) is 0 Å². The van der Waals surface area contributed by atoms with Crippen molar-refractivity contribution in [2.45, 2.75) is 45.2 Å². The lowest BCUT2D eigenvalue weighted by molar-refractivity contribution is -0.119. The molecule has 0 radical (unpaired) electrons. The summed E-state index contributed by atoms with van der Waals surface area (Å²) in [6.07, 6.45) is 4.42. The second kappa shape index (κ2) is 10.9.